The van der Waals surface area contributed by atoms with Crippen molar-refractivity contribution in [2.45, 2.75) is 258 Å². The zero-order chi connectivity index (χ0) is 52.0. The van der Waals surface area contributed by atoms with E-state index in [2.05, 4.69) is 86.8 Å². The van der Waals surface area contributed by atoms with E-state index < -0.39 is 26.5 Å². The minimum Gasteiger partial charge on any atom is -0.462 e. The summed E-state index contributed by atoms with van der Waals surface area (Å²) >= 11 is 0. The first-order valence-electron chi connectivity index (χ1n) is 29.2. The van der Waals surface area contributed by atoms with Crippen LogP contribution in [0.15, 0.2) is 72.9 Å². The molecule has 0 aliphatic carbocycles. The highest BCUT2D eigenvalue weighted by molar-refractivity contribution is 7.47. The third kappa shape index (κ3) is 56.6. The fourth-order valence-electron chi connectivity index (χ4n) is 8.02. The molecule has 412 valence electrons. The van der Waals surface area contributed by atoms with E-state index in [0.29, 0.717) is 23.9 Å². The first kappa shape index (κ1) is 68.5. The fraction of sp³-hybridized carbons (Fsp3) is 0.770. The number of carbonyl (C=O) groups excluding carboxylic acids is 2. The Bertz CT molecular complexity index is 1430. The molecule has 1 N–H and O–H groups in total. The van der Waals surface area contributed by atoms with Gasteiger partial charge in [0.15, 0.2) is 6.10 Å². The van der Waals surface area contributed by atoms with Gasteiger partial charge in [-0.3, -0.25) is 18.6 Å². The first-order chi connectivity index (χ1) is 34.5. The van der Waals surface area contributed by atoms with Crippen LogP contribution in [-0.2, 0) is 32.7 Å². The molecule has 2 atom stereocenters. The van der Waals surface area contributed by atoms with Gasteiger partial charge in [0.1, 0.15) is 19.8 Å². The fourth-order valence-corrected chi connectivity index (χ4v) is 8.76. The maximum absolute atomic E-state index is 12.8. The lowest BCUT2D eigenvalue weighted by molar-refractivity contribution is -0.870. The van der Waals surface area contributed by atoms with E-state index in [1.165, 1.54) is 141 Å². The van der Waals surface area contributed by atoms with E-state index >= 15 is 0 Å². The molecule has 0 aromatic carbocycles. The SMILES string of the molecule is CC/C=C\C/C=C\C/C=C\C/C=C\C/C=C\C/C=C\CCCCCCCCCCCCCCC(=O)OC(COC(=O)CCCCCCCCCCCCCCCCCC)COP(=O)(O)OCC[N+](C)(C)C. The molecule has 2 unspecified atom stereocenters. The Labute approximate surface area is 438 Å². The molecule has 0 amide bonds. The van der Waals surface area contributed by atoms with Crippen LogP contribution in [-0.4, -0.2) is 74.9 Å². The smallest absolute Gasteiger partial charge is 0.462 e. The number of rotatable bonds is 53. The number of phosphoric ester groups is 1. The van der Waals surface area contributed by atoms with Crippen molar-refractivity contribution < 1.29 is 42.1 Å². The van der Waals surface area contributed by atoms with E-state index in [4.69, 9.17) is 18.5 Å². The second-order valence-electron chi connectivity index (χ2n) is 20.7. The average Bonchev–Trinajstić information content (AvgIpc) is 3.33. The maximum atomic E-state index is 12.8. The number of carbonyl (C=O) groups is 2. The molecule has 0 heterocycles. The zero-order valence-electron chi connectivity index (χ0n) is 46.7. The quantitative estimate of drug-likeness (QED) is 0.0211. The largest absolute Gasteiger partial charge is 0.472 e. The van der Waals surface area contributed by atoms with Gasteiger partial charge in [0.2, 0.25) is 0 Å². The number of likely N-dealkylation sites (N-methyl/N-ethyl adjacent to an activating group) is 1. The number of ether oxygens (including phenoxy) is 2. The summed E-state index contributed by atoms with van der Waals surface area (Å²) in [5.74, 6) is -0.793. The lowest BCUT2D eigenvalue weighted by atomic mass is 10.0. The summed E-state index contributed by atoms with van der Waals surface area (Å²) in [7, 11) is 1.48. The standard InChI is InChI=1S/C61H110NO8P/c1-6-8-10-12-14-16-18-20-22-24-25-26-27-28-29-30-31-32-33-34-35-36-37-38-40-42-44-46-48-50-52-54-61(64)70-59(58-69-71(65,66)68-56-55-62(3,4)5)57-67-60(63)53-51-49-47-45-43-41-39-23-21-19-17-15-13-11-9-7-2/h8,10,14,16,20,22,25-26,28-29,31-32,59H,6-7,9,11-13,15,17-19,21,23-24,27,30,33-58H2,1-5H3/p+1/b10-8-,16-14-,22-20-,26-25-,29-28-,32-31-. The summed E-state index contributed by atoms with van der Waals surface area (Å²) in [6.07, 6.45) is 68.2. The lowest BCUT2D eigenvalue weighted by Crippen LogP contribution is -2.37. The number of allylic oxidation sites excluding steroid dienone is 12. The second-order valence-corrected chi connectivity index (χ2v) is 22.1. The van der Waals surface area contributed by atoms with E-state index in [9.17, 15) is 19.0 Å². The van der Waals surface area contributed by atoms with Crippen molar-refractivity contribution in [2.24, 2.45) is 0 Å². The van der Waals surface area contributed by atoms with Gasteiger partial charge in [0.25, 0.3) is 0 Å². The van der Waals surface area contributed by atoms with Gasteiger partial charge in [-0.05, 0) is 64.2 Å². The van der Waals surface area contributed by atoms with Crippen LogP contribution in [0.5, 0.6) is 0 Å². The molecule has 0 aromatic heterocycles. The normalized spacial score (nSPS) is 13.8. The molecule has 0 bridgehead atoms. The van der Waals surface area contributed by atoms with Gasteiger partial charge in [0.05, 0.1) is 27.7 Å². The van der Waals surface area contributed by atoms with Crippen LogP contribution in [0.3, 0.4) is 0 Å². The van der Waals surface area contributed by atoms with Gasteiger partial charge in [-0.2, -0.15) is 0 Å². The Morgan fingerprint density at radius 3 is 1.20 bits per heavy atom. The van der Waals surface area contributed by atoms with Gasteiger partial charge in [0, 0.05) is 12.8 Å². The van der Waals surface area contributed by atoms with Crippen molar-refractivity contribution in [3.05, 3.63) is 72.9 Å². The van der Waals surface area contributed by atoms with Crippen LogP contribution >= 0.6 is 7.82 Å². The third-order valence-electron chi connectivity index (χ3n) is 12.5. The number of phosphoric acid groups is 1. The van der Waals surface area contributed by atoms with Crippen molar-refractivity contribution in [3.8, 4) is 0 Å². The number of quaternary nitrogens is 1. The highest BCUT2D eigenvalue weighted by Crippen LogP contribution is 2.43. The molecular weight excluding hydrogens is 906 g/mol. The number of esters is 2. The summed E-state index contributed by atoms with van der Waals surface area (Å²) < 4.78 is 34.6. The average molecular weight is 1020 g/mol. The Hall–Kier alpha value is -2.55. The molecule has 71 heavy (non-hydrogen) atoms. The van der Waals surface area contributed by atoms with Gasteiger partial charge >= 0.3 is 19.8 Å². The minimum absolute atomic E-state index is 0.0306. The maximum Gasteiger partial charge on any atom is 0.472 e. The summed E-state index contributed by atoms with van der Waals surface area (Å²) in [4.78, 5) is 35.7. The molecular formula is C61H111NO8P+. The predicted octanol–water partition coefficient (Wildman–Crippen LogP) is 18.1. The second kappa shape index (κ2) is 52.3. The Kier molecular flexibility index (Phi) is 50.4. The van der Waals surface area contributed by atoms with Gasteiger partial charge < -0.3 is 18.9 Å². The molecule has 0 saturated carbocycles. The molecule has 0 rings (SSSR count). The Balaban J connectivity index is 4.12. The Morgan fingerprint density at radius 1 is 0.451 bits per heavy atom. The van der Waals surface area contributed by atoms with E-state index in [1.54, 1.807) is 0 Å². The van der Waals surface area contributed by atoms with E-state index in [-0.39, 0.29) is 25.6 Å². The first-order valence-corrected chi connectivity index (χ1v) is 30.7. The molecule has 0 aliphatic heterocycles. The lowest BCUT2D eigenvalue weighted by Gasteiger charge is -2.24. The molecule has 0 saturated heterocycles. The van der Waals surface area contributed by atoms with Crippen molar-refractivity contribution in [2.75, 3.05) is 47.5 Å². The number of unbranched alkanes of at least 4 members (excludes halogenated alkanes) is 27. The van der Waals surface area contributed by atoms with Crippen LogP contribution in [0.4, 0.5) is 0 Å². The van der Waals surface area contributed by atoms with Crippen molar-refractivity contribution in [3.63, 3.8) is 0 Å². The van der Waals surface area contributed by atoms with Crippen LogP contribution in [0, 0.1) is 0 Å². The molecule has 10 heteroatoms. The molecule has 0 radical (unpaired) electrons. The summed E-state index contributed by atoms with van der Waals surface area (Å²) in [6, 6.07) is 0. The Morgan fingerprint density at radius 2 is 0.803 bits per heavy atom. The minimum atomic E-state index is -4.39. The molecule has 0 aliphatic rings. The van der Waals surface area contributed by atoms with E-state index in [1.807, 2.05) is 21.1 Å². The molecule has 0 spiro atoms. The van der Waals surface area contributed by atoms with Gasteiger partial charge in [-0.15, -0.1) is 0 Å². The molecule has 9 nitrogen and oxygen atoms in total. The van der Waals surface area contributed by atoms with Gasteiger partial charge in [-0.1, -0.05) is 247 Å². The zero-order valence-corrected chi connectivity index (χ0v) is 47.6. The van der Waals surface area contributed by atoms with Crippen LogP contribution < -0.4 is 0 Å². The highest BCUT2D eigenvalue weighted by Gasteiger charge is 2.27. The third-order valence-corrected chi connectivity index (χ3v) is 13.5. The number of hydrogen-bond acceptors (Lipinski definition) is 7. The summed E-state index contributed by atoms with van der Waals surface area (Å²) in [5, 5.41) is 0. The summed E-state index contributed by atoms with van der Waals surface area (Å²) in [5.41, 5.74) is 0. The molecule has 0 aromatic rings. The van der Waals surface area contributed by atoms with E-state index in [0.717, 1.165) is 77.0 Å². The van der Waals surface area contributed by atoms with Crippen LogP contribution in [0.1, 0.15) is 251 Å². The number of nitrogens with zero attached hydrogens (tertiary/aromatic N) is 1. The molecule has 0 fully saturated rings. The predicted molar refractivity (Wildman–Crippen MR) is 302 cm³/mol. The van der Waals surface area contributed by atoms with Crippen molar-refractivity contribution in [1.29, 1.82) is 0 Å². The topological polar surface area (TPSA) is 108 Å². The van der Waals surface area contributed by atoms with Crippen molar-refractivity contribution in [1.82, 2.24) is 0 Å². The van der Waals surface area contributed by atoms with Crippen LogP contribution in [0.25, 0.3) is 0 Å². The highest BCUT2D eigenvalue weighted by atomic mass is 31.2. The van der Waals surface area contributed by atoms with Gasteiger partial charge in [-0.25, -0.2) is 4.57 Å². The monoisotopic (exact) mass is 1020 g/mol. The number of hydrogen-bond donors (Lipinski definition) is 1. The van der Waals surface area contributed by atoms with Crippen molar-refractivity contribution >= 4 is 19.8 Å². The summed E-state index contributed by atoms with van der Waals surface area (Å²) in [6.45, 7) is 4.34. The van der Waals surface area contributed by atoms with Crippen LogP contribution in [0.2, 0.25) is 0 Å².